The highest BCUT2D eigenvalue weighted by molar-refractivity contribution is 6.01. The minimum absolute atomic E-state index is 0.104. The van der Waals surface area contributed by atoms with Crippen molar-refractivity contribution in [1.82, 2.24) is 95.7 Å². The molecule has 18 atom stereocenters. The molecule has 0 radical (unpaired) electrons. The topological polar surface area (TPSA) is 553 Å². The summed E-state index contributed by atoms with van der Waals surface area (Å²) < 4.78 is 1.71. The molecule has 1 aromatic carbocycles. The van der Waals surface area contributed by atoms with Gasteiger partial charge in [0.1, 0.15) is 54.4 Å². The van der Waals surface area contributed by atoms with Crippen molar-refractivity contribution in [3.63, 3.8) is 0 Å². The van der Waals surface area contributed by atoms with Gasteiger partial charge < -0.3 is 111 Å². The standard InChI is InChI=1S/C37H57N7O6.C36H61N7O6.C35H61N7O6/c1-8-14-30(41-37(49)32(25(6)9-2)43-34(46)28-17-19-44(50)20-18-28)36(48)40-29(21-24(4)5)23-39-26(7)33(45)42-31(35(47)38-10-3)22-27-15-12-11-13-16-27;1-8-14-29(40-36(48)30(24(6)9-2)41-33(45)27-17-19-43(49)20-18-27)34(46)39-28(21-23(4)5)22-38-25(7)32(44)42-31(35(47)37-10-3)26-15-12-11-13-16-26;1-10-13-28(40-35(47)30(24(8)11-2)41-32(44)26-16-18-42(48)19-17-26)34(46)38-27(20-23(6)7)21-37-25(9)31(43)39-29(15-14-22(4)5)33(45)36-12-3/h11-13,15-20,24-26,29-32,39H,8-10,14,21-23H2,1-7H3,(H,38,47)(H,40,48)(H,41,49)(H,42,45)(H,43,46);17-20,23-26,28-31,38H,8-16,21-22H2,1-7H3,(H,37,47)(H,39,46)(H,40,48)(H,41,45)(H,42,44);16-19,22-25,27-30,37H,10-15,20-21H2,1-9H3,(H,36,45)(H,38,46)(H,39,43)(H,40,47)(H,41,44)/t25-,26-,29-,30-,31-,32-;24-,25-,28-,29-,30-,31-;24-,25-,27-,28-,29-,30-/m000/s1. The van der Waals surface area contributed by atoms with E-state index in [0.717, 1.165) is 44.1 Å². The molecule has 3 aromatic heterocycles. The quantitative estimate of drug-likeness (QED) is 0.0158. The lowest BCUT2D eigenvalue weighted by atomic mass is 9.83. The Morgan fingerprint density at radius 2 is 0.585 bits per heavy atom. The highest BCUT2D eigenvalue weighted by atomic mass is 16.5. The van der Waals surface area contributed by atoms with E-state index in [0.29, 0.717) is 143 Å². The van der Waals surface area contributed by atoms with Crippen molar-refractivity contribution < 1.29 is 86.1 Å². The Kier molecular flexibility index (Phi) is 61.5. The number of nitrogens with one attached hydrogen (secondary N) is 18. The molecular formula is C108H179N21O18. The number of likely N-dealkylation sites (N-methyl/N-ethyl adjacent to an activating group) is 3. The second-order valence-electron chi connectivity index (χ2n) is 40.6. The van der Waals surface area contributed by atoms with Crippen LogP contribution in [0.3, 0.4) is 0 Å². The maximum Gasteiger partial charge on any atom is 0.252 e. The van der Waals surface area contributed by atoms with Gasteiger partial charge in [0.25, 0.3) is 17.7 Å². The minimum Gasteiger partial charge on any atom is -0.619 e. The number of hydrogen-bond donors (Lipinski definition) is 18. The average molecular weight is 2060 g/mol. The lowest BCUT2D eigenvalue weighted by Crippen LogP contribution is -2.58. The van der Waals surface area contributed by atoms with Crippen molar-refractivity contribution in [2.24, 2.45) is 47.3 Å². The number of rotatable bonds is 63. The van der Waals surface area contributed by atoms with Crippen LogP contribution in [0, 0.1) is 63.0 Å². The van der Waals surface area contributed by atoms with Gasteiger partial charge in [-0.15, -0.1) is 0 Å². The van der Waals surface area contributed by atoms with Crippen LogP contribution in [0.5, 0.6) is 0 Å². The van der Waals surface area contributed by atoms with E-state index in [2.05, 4.69) is 110 Å². The monoisotopic (exact) mass is 2060 g/mol. The first-order valence-electron chi connectivity index (χ1n) is 53.5. The summed E-state index contributed by atoms with van der Waals surface area (Å²) in [5.74, 6) is -4.99. The molecule has 1 fully saturated rings. The molecule has 0 bridgehead atoms. The molecule has 1 aliphatic rings. The summed E-state index contributed by atoms with van der Waals surface area (Å²) in [5.41, 5.74) is 1.65. The Morgan fingerprint density at radius 1 is 0.299 bits per heavy atom. The summed E-state index contributed by atoms with van der Waals surface area (Å²) in [7, 11) is 0. The number of carbonyl (C=O) groups is 15. The predicted molar refractivity (Wildman–Crippen MR) is 568 cm³/mol. The number of pyridine rings is 3. The summed E-state index contributed by atoms with van der Waals surface area (Å²) in [6, 6.07) is 7.65. The summed E-state index contributed by atoms with van der Waals surface area (Å²) in [5, 5.41) is 87.2. The number of hydrogen-bond acceptors (Lipinski definition) is 21. The van der Waals surface area contributed by atoms with Crippen LogP contribution in [0.25, 0.3) is 0 Å². The predicted octanol–water partition coefficient (Wildman–Crippen LogP) is 6.90. The molecule has 5 rings (SSSR count). The van der Waals surface area contributed by atoms with Crippen LogP contribution >= 0.6 is 0 Å². The molecule has 39 heteroatoms. The fourth-order valence-corrected chi connectivity index (χ4v) is 16.8. The van der Waals surface area contributed by atoms with E-state index in [1.54, 1.807) is 20.8 Å². The average Bonchev–Trinajstić information content (AvgIpc) is 0.826. The van der Waals surface area contributed by atoms with Crippen molar-refractivity contribution >= 4 is 88.6 Å². The van der Waals surface area contributed by atoms with Gasteiger partial charge in [0, 0.05) is 100 Å². The number of amides is 15. The van der Waals surface area contributed by atoms with E-state index < -0.39 is 108 Å². The van der Waals surface area contributed by atoms with Crippen molar-refractivity contribution in [2.75, 3.05) is 39.3 Å². The first-order chi connectivity index (χ1) is 69.7. The molecule has 0 spiro atoms. The third-order valence-electron chi connectivity index (χ3n) is 26.0. The van der Waals surface area contributed by atoms with E-state index in [1.807, 2.05) is 155 Å². The molecule has 1 saturated carbocycles. The van der Waals surface area contributed by atoms with Crippen LogP contribution in [-0.4, -0.2) is 219 Å². The van der Waals surface area contributed by atoms with Gasteiger partial charge in [-0.2, -0.15) is 14.2 Å². The Morgan fingerprint density at radius 3 is 0.878 bits per heavy atom. The smallest absolute Gasteiger partial charge is 0.252 e. The molecule has 4 aromatic rings. The largest absolute Gasteiger partial charge is 0.619 e. The van der Waals surface area contributed by atoms with E-state index in [1.165, 1.54) is 73.6 Å². The van der Waals surface area contributed by atoms with Gasteiger partial charge in [-0.25, -0.2) is 0 Å². The molecule has 39 nitrogen and oxygen atoms in total. The molecule has 15 amide bonds. The number of carbonyl (C=O) groups excluding carboxylic acids is 15. The van der Waals surface area contributed by atoms with Crippen LogP contribution in [0.1, 0.15) is 318 Å². The summed E-state index contributed by atoms with van der Waals surface area (Å²) >= 11 is 0. The number of nitrogens with zero attached hydrogens (tertiary/aromatic N) is 3. The van der Waals surface area contributed by atoms with Crippen LogP contribution in [0.15, 0.2) is 104 Å². The van der Waals surface area contributed by atoms with Crippen molar-refractivity contribution in [2.45, 2.75) is 378 Å². The van der Waals surface area contributed by atoms with Crippen LogP contribution in [0.2, 0.25) is 0 Å². The Balaban J connectivity index is 0.000000567. The van der Waals surface area contributed by atoms with E-state index in [-0.39, 0.29) is 136 Å². The second kappa shape index (κ2) is 70.0. The Hall–Kier alpha value is -12.0. The first-order valence-corrected chi connectivity index (χ1v) is 53.5. The van der Waals surface area contributed by atoms with Crippen molar-refractivity contribution in [1.29, 1.82) is 0 Å². The highest BCUT2D eigenvalue weighted by Gasteiger charge is 2.39. The minimum atomic E-state index is -0.906. The highest BCUT2D eigenvalue weighted by Crippen LogP contribution is 2.28. The van der Waals surface area contributed by atoms with E-state index in [4.69, 9.17) is 0 Å². The maximum atomic E-state index is 13.6. The number of aromatic nitrogens is 3. The zero-order valence-electron chi connectivity index (χ0n) is 91.7. The normalized spacial score (nSPS) is 15.6. The lowest BCUT2D eigenvalue weighted by molar-refractivity contribution is -0.605. The number of benzene rings is 1. The molecule has 824 valence electrons. The third kappa shape index (κ3) is 49.1. The maximum absolute atomic E-state index is 13.6. The van der Waals surface area contributed by atoms with Crippen LogP contribution in [0.4, 0.5) is 0 Å². The van der Waals surface area contributed by atoms with Crippen molar-refractivity contribution in [3.8, 4) is 0 Å². The zero-order chi connectivity index (χ0) is 110. The molecule has 147 heavy (non-hydrogen) atoms. The van der Waals surface area contributed by atoms with Crippen LogP contribution < -0.4 is 110 Å². The summed E-state index contributed by atoms with van der Waals surface area (Å²) in [6.07, 6.45) is 20.7. The van der Waals surface area contributed by atoms with Gasteiger partial charge in [-0.1, -0.05) is 206 Å². The Bertz CT molecular complexity index is 4650. The molecule has 18 N–H and O–H groups in total. The fourth-order valence-electron chi connectivity index (χ4n) is 16.8. The summed E-state index contributed by atoms with van der Waals surface area (Å²) in [6.45, 7) is 46.4. The summed E-state index contributed by atoms with van der Waals surface area (Å²) in [4.78, 5) is 198. The third-order valence-corrected chi connectivity index (χ3v) is 26.0. The molecular weight excluding hydrogens is 1880 g/mol. The van der Waals surface area contributed by atoms with Gasteiger partial charge in [-0.3, -0.25) is 71.9 Å². The first kappa shape index (κ1) is 129. The van der Waals surface area contributed by atoms with Gasteiger partial charge >= 0.3 is 0 Å². The van der Waals surface area contributed by atoms with Gasteiger partial charge in [0.2, 0.25) is 70.9 Å². The van der Waals surface area contributed by atoms with E-state index in [9.17, 15) is 87.5 Å². The second-order valence-corrected chi connectivity index (χ2v) is 40.6. The van der Waals surface area contributed by atoms with Crippen LogP contribution in [-0.2, 0) is 64.0 Å². The fraction of sp³-hybridized carbons (Fsp3) is 0.667. The Labute approximate surface area is 872 Å². The molecule has 3 heterocycles. The van der Waals surface area contributed by atoms with Gasteiger partial charge in [0.05, 0.1) is 34.8 Å². The molecule has 0 aliphatic heterocycles. The SMILES string of the molecule is CCC[C@H](NC(=O)[C@@H](NC(=O)c1cc[n+]([O-])cc1)[C@@H](C)CC)C(=O)N[C@H](CN[C@@H](C)C(=O)N[C@@H](CCC(C)C)C(=O)NCC)CC(C)C.CCC[C@H](NC(=O)[C@@H](NC(=O)c1cc[n+]([O-])cc1)[C@@H](C)CC)C(=O)N[C@H](CN[C@@H](C)C(=O)N[C@@H](Cc1ccccc1)C(=O)NCC)CC(C)C.CCC[C@H](NC(=O)[C@@H](NC(=O)c1cc[n+]([O-])cc1)[C@@H](C)CC)C(=O)N[C@H](CN[C@@H](C)C(=O)N[C@H](C(=O)NCC)C1CCCCC1)CC(C)C. The van der Waals surface area contributed by atoms with E-state index >= 15 is 0 Å². The lowest BCUT2D eigenvalue weighted by Gasteiger charge is -2.31. The van der Waals surface area contributed by atoms with Gasteiger partial charge in [-0.05, 0) is 159 Å². The molecule has 1 aliphatic carbocycles. The van der Waals surface area contributed by atoms with Crippen molar-refractivity contribution in [3.05, 3.63) is 142 Å². The molecule has 0 saturated heterocycles. The zero-order valence-corrected chi connectivity index (χ0v) is 91.7. The molecule has 0 unspecified atom stereocenters. The van der Waals surface area contributed by atoms with Gasteiger partial charge in [0.15, 0.2) is 37.2 Å².